The third kappa shape index (κ3) is 3.04. The molecule has 1 aromatic rings. The van der Waals surface area contributed by atoms with Gasteiger partial charge in [0.25, 0.3) is 10.0 Å². The van der Waals surface area contributed by atoms with Crippen molar-refractivity contribution >= 4 is 16.0 Å². The number of carboxylic acids is 1. The third-order valence-corrected chi connectivity index (χ3v) is 4.17. The molecule has 7 nitrogen and oxygen atoms in total. The van der Waals surface area contributed by atoms with E-state index in [1.807, 2.05) is 0 Å². The van der Waals surface area contributed by atoms with Crippen LogP contribution in [0.4, 0.5) is 0 Å². The topological polar surface area (TPSA) is 92.5 Å². The van der Waals surface area contributed by atoms with Crippen LogP contribution >= 0.6 is 0 Å². The molecule has 1 rings (SSSR count). The van der Waals surface area contributed by atoms with E-state index in [-0.39, 0.29) is 18.0 Å². The number of hydrogen-bond acceptors (Lipinski definition) is 4. The van der Waals surface area contributed by atoms with Gasteiger partial charge in [0.05, 0.1) is 12.6 Å². The van der Waals surface area contributed by atoms with Crippen LogP contribution in [0, 0.1) is 0 Å². The van der Waals surface area contributed by atoms with Gasteiger partial charge in [0.15, 0.2) is 5.03 Å². The molecule has 0 unspecified atom stereocenters. The average molecular weight is 261 g/mol. The maximum Gasteiger partial charge on any atom is 0.304 e. The van der Waals surface area contributed by atoms with Crippen LogP contribution in [-0.2, 0) is 21.4 Å². The lowest BCUT2D eigenvalue weighted by molar-refractivity contribution is -0.137. The van der Waals surface area contributed by atoms with E-state index >= 15 is 0 Å². The summed E-state index contributed by atoms with van der Waals surface area (Å²) < 4.78 is 26.5. The van der Waals surface area contributed by atoms with Gasteiger partial charge in [0.1, 0.15) is 0 Å². The van der Waals surface area contributed by atoms with E-state index in [4.69, 9.17) is 5.11 Å². The van der Waals surface area contributed by atoms with Crippen molar-refractivity contribution in [3.8, 4) is 0 Å². The number of aryl methyl sites for hydroxylation is 1. The first-order valence-electron chi connectivity index (χ1n) is 5.09. The van der Waals surface area contributed by atoms with Crippen LogP contribution in [0.3, 0.4) is 0 Å². The lowest BCUT2D eigenvalue weighted by atomic mass is 10.4. The van der Waals surface area contributed by atoms with Crippen LogP contribution < -0.4 is 0 Å². The largest absolute Gasteiger partial charge is 0.481 e. The Morgan fingerprint density at radius 1 is 1.59 bits per heavy atom. The Labute approximate surface area is 99.7 Å². The van der Waals surface area contributed by atoms with Gasteiger partial charge in [-0.3, -0.25) is 9.48 Å². The molecule has 96 valence electrons. The quantitative estimate of drug-likeness (QED) is 0.778. The van der Waals surface area contributed by atoms with Crippen LogP contribution in [0.25, 0.3) is 0 Å². The molecule has 0 spiro atoms. The Hall–Kier alpha value is -1.41. The standard InChI is InChI=1S/C9H15N3O4S/c1-3-12-8(4-6-10-12)17(15,16)11(2)7-5-9(13)14/h4,6H,3,5,7H2,1-2H3,(H,13,14). The predicted octanol–water partition coefficient (Wildman–Crippen LogP) is -0.00180. The van der Waals surface area contributed by atoms with Gasteiger partial charge in [-0.25, -0.2) is 8.42 Å². The summed E-state index contributed by atoms with van der Waals surface area (Å²) in [7, 11) is -2.31. The molecule has 0 aliphatic rings. The maximum absolute atomic E-state index is 12.1. The summed E-state index contributed by atoms with van der Waals surface area (Å²) in [4.78, 5) is 10.4. The fraction of sp³-hybridized carbons (Fsp3) is 0.556. The number of aliphatic carboxylic acids is 1. The molecule has 0 atom stereocenters. The van der Waals surface area contributed by atoms with Crippen LogP contribution in [0.2, 0.25) is 0 Å². The number of rotatable bonds is 6. The summed E-state index contributed by atoms with van der Waals surface area (Å²) in [6, 6.07) is 1.40. The number of nitrogens with zero attached hydrogens (tertiary/aromatic N) is 3. The Bertz CT molecular complexity index is 494. The summed E-state index contributed by atoms with van der Waals surface area (Å²) in [6.45, 7) is 2.16. The second kappa shape index (κ2) is 5.28. The molecule has 0 aliphatic carbocycles. The highest BCUT2D eigenvalue weighted by molar-refractivity contribution is 7.89. The highest BCUT2D eigenvalue weighted by Crippen LogP contribution is 2.13. The molecule has 0 bridgehead atoms. The molecular formula is C9H15N3O4S. The third-order valence-electron chi connectivity index (χ3n) is 2.29. The molecular weight excluding hydrogens is 246 g/mol. The Morgan fingerprint density at radius 3 is 2.76 bits per heavy atom. The van der Waals surface area contributed by atoms with Crippen molar-refractivity contribution in [3.63, 3.8) is 0 Å². The van der Waals surface area contributed by atoms with Gasteiger partial charge in [-0.2, -0.15) is 9.40 Å². The summed E-state index contributed by atoms with van der Waals surface area (Å²) in [5, 5.41) is 12.5. The lowest BCUT2D eigenvalue weighted by Gasteiger charge is -2.16. The van der Waals surface area contributed by atoms with Gasteiger partial charge >= 0.3 is 5.97 Å². The smallest absolute Gasteiger partial charge is 0.304 e. The first-order valence-corrected chi connectivity index (χ1v) is 6.53. The van der Waals surface area contributed by atoms with Gasteiger partial charge in [-0.05, 0) is 13.0 Å². The van der Waals surface area contributed by atoms with Crippen LogP contribution in [0.15, 0.2) is 17.3 Å². The van der Waals surface area contributed by atoms with E-state index in [9.17, 15) is 13.2 Å². The van der Waals surface area contributed by atoms with Crippen molar-refractivity contribution in [2.75, 3.05) is 13.6 Å². The fourth-order valence-corrected chi connectivity index (χ4v) is 2.64. The molecule has 0 saturated heterocycles. The molecule has 0 saturated carbocycles. The van der Waals surface area contributed by atoms with E-state index in [1.54, 1.807) is 6.92 Å². The Morgan fingerprint density at radius 2 is 2.24 bits per heavy atom. The van der Waals surface area contributed by atoms with Gasteiger partial charge in [0.2, 0.25) is 0 Å². The van der Waals surface area contributed by atoms with E-state index in [0.717, 1.165) is 4.31 Å². The molecule has 0 fully saturated rings. The molecule has 17 heavy (non-hydrogen) atoms. The lowest BCUT2D eigenvalue weighted by Crippen LogP contribution is -2.30. The number of carboxylic acid groups (broad SMARTS) is 1. The minimum absolute atomic E-state index is 0.0629. The first-order chi connectivity index (χ1) is 7.89. The minimum Gasteiger partial charge on any atom is -0.481 e. The van der Waals surface area contributed by atoms with Crippen molar-refractivity contribution < 1.29 is 18.3 Å². The molecule has 8 heteroatoms. The average Bonchev–Trinajstić information content (AvgIpc) is 2.74. The molecule has 0 aromatic carbocycles. The summed E-state index contributed by atoms with van der Waals surface area (Å²) >= 11 is 0. The summed E-state index contributed by atoms with van der Waals surface area (Å²) in [5.74, 6) is -1.03. The van der Waals surface area contributed by atoms with Gasteiger partial charge < -0.3 is 5.11 Å². The zero-order valence-corrected chi connectivity index (χ0v) is 10.5. The number of hydrogen-bond donors (Lipinski definition) is 1. The zero-order valence-electron chi connectivity index (χ0n) is 9.70. The van der Waals surface area contributed by atoms with Gasteiger partial charge in [-0.15, -0.1) is 0 Å². The van der Waals surface area contributed by atoms with E-state index in [2.05, 4.69) is 5.10 Å². The monoisotopic (exact) mass is 261 g/mol. The highest BCUT2D eigenvalue weighted by Gasteiger charge is 2.24. The summed E-state index contributed by atoms with van der Waals surface area (Å²) in [5.41, 5.74) is 0. The molecule has 0 radical (unpaired) electrons. The normalized spacial score (nSPS) is 11.9. The number of sulfonamides is 1. The maximum atomic E-state index is 12.1. The Kier molecular flexibility index (Phi) is 4.24. The van der Waals surface area contributed by atoms with Crippen molar-refractivity contribution in [1.82, 2.24) is 14.1 Å². The van der Waals surface area contributed by atoms with E-state index in [0.29, 0.717) is 6.54 Å². The Balaban J connectivity index is 2.91. The first kappa shape index (κ1) is 13.7. The molecule has 1 heterocycles. The van der Waals surface area contributed by atoms with Crippen molar-refractivity contribution in [2.45, 2.75) is 24.9 Å². The van der Waals surface area contributed by atoms with Crippen molar-refractivity contribution in [1.29, 1.82) is 0 Å². The fourth-order valence-electron chi connectivity index (χ4n) is 1.31. The van der Waals surface area contributed by atoms with Crippen LogP contribution in [0.1, 0.15) is 13.3 Å². The van der Waals surface area contributed by atoms with E-state index < -0.39 is 16.0 Å². The van der Waals surface area contributed by atoms with Gasteiger partial charge in [-0.1, -0.05) is 0 Å². The molecule has 0 aliphatic heterocycles. The second-order valence-electron chi connectivity index (χ2n) is 3.46. The molecule has 0 amide bonds. The second-order valence-corrected chi connectivity index (χ2v) is 5.45. The molecule has 1 N–H and O–H groups in total. The van der Waals surface area contributed by atoms with Gasteiger partial charge in [0, 0.05) is 20.1 Å². The minimum atomic E-state index is -3.66. The zero-order chi connectivity index (χ0) is 13.1. The van der Waals surface area contributed by atoms with Crippen molar-refractivity contribution in [2.24, 2.45) is 0 Å². The number of aromatic nitrogens is 2. The SMILES string of the molecule is CCn1nccc1S(=O)(=O)N(C)CCC(=O)O. The number of carbonyl (C=O) groups is 1. The van der Waals surface area contributed by atoms with Crippen molar-refractivity contribution in [3.05, 3.63) is 12.3 Å². The van der Waals surface area contributed by atoms with Crippen LogP contribution in [0.5, 0.6) is 0 Å². The highest BCUT2D eigenvalue weighted by atomic mass is 32.2. The predicted molar refractivity (Wildman–Crippen MR) is 60.0 cm³/mol. The molecule has 1 aromatic heterocycles. The summed E-state index contributed by atoms with van der Waals surface area (Å²) in [6.07, 6.45) is 1.18. The van der Waals surface area contributed by atoms with E-state index in [1.165, 1.54) is 24.0 Å². The van der Waals surface area contributed by atoms with Crippen LogP contribution in [-0.4, -0.2) is 47.2 Å².